The molecule has 5 rings (SSSR count). The van der Waals surface area contributed by atoms with Gasteiger partial charge in [0, 0.05) is 29.7 Å². The van der Waals surface area contributed by atoms with Crippen LogP contribution in [0.4, 0.5) is 5.69 Å². The minimum absolute atomic E-state index is 0.201. The molecule has 1 N–H and O–H groups in total. The van der Waals surface area contributed by atoms with Gasteiger partial charge in [-0.05, 0) is 61.0 Å². The van der Waals surface area contributed by atoms with E-state index in [1.807, 2.05) is 30.3 Å². The second kappa shape index (κ2) is 8.20. The molecule has 158 valence electrons. The molecule has 2 aromatic carbocycles. The number of fused-ring (bicyclic) bond motifs is 1. The Labute approximate surface area is 186 Å². The van der Waals surface area contributed by atoms with Crippen LogP contribution in [0.3, 0.4) is 0 Å². The van der Waals surface area contributed by atoms with Gasteiger partial charge < -0.3 is 5.32 Å². The predicted molar refractivity (Wildman–Crippen MR) is 124 cm³/mol. The summed E-state index contributed by atoms with van der Waals surface area (Å²) in [7, 11) is 0. The van der Waals surface area contributed by atoms with Crippen LogP contribution in [0.1, 0.15) is 5.56 Å². The van der Waals surface area contributed by atoms with Gasteiger partial charge in [0.05, 0.1) is 10.2 Å². The number of nitrogens with zero attached hydrogens (tertiary/aromatic N) is 5. The molecule has 0 radical (unpaired) electrons. The molecule has 0 aliphatic rings. The van der Waals surface area contributed by atoms with Crippen LogP contribution < -0.4 is 10.9 Å². The number of carbonyl (C=O) groups excluding carboxylic acids is 1. The Bertz CT molecular complexity index is 1470. The molecular weight excluding hydrogens is 424 g/mol. The molecule has 0 aliphatic carbocycles. The van der Waals surface area contributed by atoms with Gasteiger partial charge in [0.2, 0.25) is 5.91 Å². The zero-order valence-corrected chi connectivity index (χ0v) is 17.9. The zero-order valence-electron chi connectivity index (χ0n) is 17.1. The highest BCUT2D eigenvalue weighted by Gasteiger charge is 2.10. The molecule has 3 aromatic heterocycles. The zero-order chi connectivity index (χ0) is 22.1. The largest absolute Gasteiger partial charge is 0.324 e. The minimum Gasteiger partial charge on any atom is -0.324 e. The summed E-state index contributed by atoms with van der Waals surface area (Å²) in [5.41, 5.74) is 3.42. The molecule has 0 saturated heterocycles. The lowest BCUT2D eigenvalue weighted by Crippen LogP contribution is -2.30. The first kappa shape index (κ1) is 19.8. The lowest BCUT2D eigenvalue weighted by Gasteiger charge is -2.08. The van der Waals surface area contributed by atoms with Gasteiger partial charge >= 0.3 is 0 Å². The lowest BCUT2D eigenvalue weighted by atomic mass is 10.2. The van der Waals surface area contributed by atoms with Crippen LogP contribution in [0, 0.1) is 6.92 Å². The summed E-state index contributed by atoms with van der Waals surface area (Å²) in [6.07, 6.45) is 3.33. The van der Waals surface area contributed by atoms with Crippen LogP contribution >= 0.6 is 11.3 Å². The molecular formula is C23H18N6O2S. The van der Waals surface area contributed by atoms with Crippen LogP contribution in [0.2, 0.25) is 0 Å². The number of anilines is 1. The smallest absolute Gasteiger partial charge is 0.267 e. The number of amides is 1. The van der Waals surface area contributed by atoms with Crippen molar-refractivity contribution < 1.29 is 4.79 Å². The van der Waals surface area contributed by atoms with E-state index in [0.717, 1.165) is 25.5 Å². The summed E-state index contributed by atoms with van der Waals surface area (Å²) in [4.78, 5) is 29.3. The number of aryl methyl sites for hydroxylation is 1. The maximum Gasteiger partial charge on any atom is 0.267 e. The number of thiazole rings is 1. The van der Waals surface area contributed by atoms with Crippen molar-refractivity contribution in [2.24, 2.45) is 0 Å². The van der Waals surface area contributed by atoms with E-state index >= 15 is 0 Å². The van der Waals surface area contributed by atoms with E-state index < -0.39 is 0 Å². The fourth-order valence-electron chi connectivity index (χ4n) is 3.27. The summed E-state index contributed by atoms with van der Waals surface area (Å²) >= 11 is 1.64. The van der Waals surface area contributed by atoms with Gasteiger partial charge in [-0.1, -0.05) is 6.07 Å². The molecule has 0 spiro atoms. The van der Waals surface area contributed by atoms with Crippen molar-refractivity contribution in [3.63, 3.8) is 0 Å². The van der Waals surface area contributed by atoms with Gasteiger partial charge in [0.1, 0.15) is 11.6 Å². The summed E-state index contributed by atoms with van der Waals surface area (Å²) in [5, 5.41) is 12.0. The number of nitrogens with one attached hydrogen (secondary N) is 1. The molecule has 32 heavy (non-hydrogen) atoms. The minimum atomic E-state index is -0.363. The Morgan fingerprint density at radius 2 is 1.94 bits per heavy atom. The fraction of sp³-hybridized carbons (Fsp3) is 0.0870. The quantitative estimate of drug-likeness (QED) is 0.448. The maximum atomic E-state index is 12.5. The van der Waals surface area contributed by atoms with Crippen molar-refractivity contribution in [2.45, 2.75) is 13.5 Å². The fourth-order valence-corrected chi connectivity index (χ4v) is 4.34. The predicted octanol–water partition coefficient (Wildman–Crippen LogP) is 3.65. The third-order valence-electron chi connectivity index (χ3n) is 4.84. The Morgan fingerprint density at radius 1 is 1.09 bits per heavy atom. The number of hydrogen-bond acceptors (Lipinski definition) is 6. The van der Waals surface area contributed by atoms with E-state index in [4.69, 9.17) is 0 Å². The number of rotatable bonds is 5. The van der Waals surface area contributed by atoms with Crippen LogP contribution in [-0.2, 0) is 11.3 Å². The van der Waals surface area contributed by atoms with Crippen molar-refractivity contribution in [1.29, 1.82) is 0 Å². The van der Waals surface area contributed by atoms with E-state index in [1.54, 1.807) is 35.9 Å². The second-order valence-electron chi connectivity index (χ2n) is 7.25. The van der Waals surface area contributed by atoms with Crippen molar-refractivity contribution in [2.75, 3.05) is 5.32 Å². The van der Waals surface area contributed by atoms with Crippen LogP contribution in [0.25, 0.3) is 26.6 Å². The molecule has 1 amide bonds. The van der Waals surface area contributed by atoms with E-state index in [2.05, 4.69) is 39.6 Å². The van der Waals surface area contributed by atoms with Crippen molar-refractivity contribution in [3.8, 4) is 16.4 Å². The average molecular weight is 443 g/mol. The Balaban J connectivity index is 1.30. The molecule has 9 heteroatoms. The first-order chi connectivity index (χ1) is 15.5. The monoisotopic (exact) mass is 442 g/mol. The SMILES string of the molecule is Cc1ccc2nc(-c3ccc(NC(=O)Cn4nc(-n5cccn5)ccc4=O)cc3)sc2c1. The molecule has 3 heterocycles. The highest BCUT2D eigenvalue weighted by molar-refractivity contribution is 7.21. The van der Waals surface area contributed by atoms with Crippen molar-refractivity contribution in [1.82, 2.24) is 24.5 Å². The number of aromatic nitrogens is 5. The molecule has 0 atom stereocenters. The van der Waals surface area contributed by atoms with Crippen molar-refractivity contribution >= 4 is 33.1 Å². The number of hydrogen-bond donors (Lipinski definition) is 1. The Hall–Kier alpha value is -4.11. The van der Waals surface area contributed by atoms with Crippen molar-refractivity contribution in [3.05, 3.63) is 89.0 Å². The lowest BCUT2D eigenvalue weighted by molar-refractivity contribution is -0.117. The van der Waals surface area contributed by atoms with Gasteiger partial charge in [-0.3, -0.25) is 9.59 Å². The Kier molecular flexibility index (Phi) is 5.08. The summed E-state index contributed by atoms with van der Waals surface area (Å²) < 4.78 is 3.78. The standard InChI is InChI=1S/C23H18N6O2S/c1-15-3-8-18-19(13-15)32-23(26-18)16-4-6-17(7-5-16)25-21(30)14-29-22(31)10-9-20(27-29)28-12-2-11-24-28/h2-13H,14H2,1H3,(H,25,30). The Morgan fingerprint density at radius 3 is 2.72 bits per heavy atom. The van der Waals surface area contributed by atoms with E-state index in [0.29, 0.717) is 11.5 Å². The normalized spacial score (nSPS) is 11.0. The summed E-state index contributed by atoms with van der Waals surface area (Å²) in [6.45, 7) is 1.86. The van der Waals surface area contributed by atoms with Crippen LogP contribution in [0.5, 0.6) is 0 Å². The first-order valence-electron chi connectivity index (χ1n) is 9.91. The maximum absolute atomic E-state index is 12.5. The average Bonchev–Trinajstić information content (AvgIpc) is 3.45. The molecule has 0 unspecified atom stereocenters. The van der Waals surface area contributed by atoms with Gasteiger partial charge in [-0.15, -0.1) is 16.4 Å². The van der Waals surface area contributed by atoms with Gasteiger partial charge in [0.25, 0.3) is 5.56 Å². The number of benzene rings is 2. The first-order valence-corrected chi connectivity index (χ1v) is 10.7. The number of carbonyl (C=O) groups is 1. The highest BCUT2D eigenvalue weighted by atomic mass is 32.1. The second-order valence-corrected chi connectivity index (χ2v) is 8.28. The molecule has 0 fully saturated rings. The topological polar surface area (TPSA) is 94.7 Å². The van der Waals surface area contributed by atoms with Gasteiger partial charge in [0.15, 0.2) is 5.82 Å². The van der Waals surface area contributed by atoms with Gasteiger partial charge in [-0.25, -0.2) is 14.3 Å². The van der Waals surface area contributed by atoms with Gasteiger partial charge in [-0.2, -0.15) is 5.10 Å². The molecule has 5 aromatic rings. The molecule has 8 nitrogen and oxygen atoms in total. The third kappa shape index (κ3) is 4.06. The van der Waals surface area contributed by atoms with Crippen LogP contribution in [0.15, 0.2) is 77.9 Å². The molecule has 0 saturated carbocycles. The third-order valence-corrected chi connectivity index (χ3v) is 5.91. The molecule has 0 bridgehead atoms. The summed E-state index contributed by atoms with van der Waals surface area (Å²) in [6, 6.07) is 18.4. The van der Waals surface area contributed by atoms with E-state index in [-0.39, 0.29) is 18.0 Å². The van der Waals surface area contributed by atoms with E-state index in [1.165, 1.54) is 16.3 Å². The highest BCUT2D eigenvalue weighted by Crippen LogP contribution is 2.31. The van der Waals surface area contributed by atoms with Crippen LogP contribution in [-0.4, -0.2) is 30.5 Å². The van der Waals surface area contributed by atoms with E-state index in [9.17, 15) is 9.59 Å². The summed E-state index contributed by atoms with van der Waals surface area (Å²) in [5.74, 6) is 0.109. The molecule has 0 aliphatic heterocycles.